The minimum absolute atomic E-state index is 0.00956. The van der Waals surface area contributed by atoms with E-state index in [4.69, 9.17) is 9.47 Å². The van der Waals surface area contributed by atoms with Gasteiger partial charge in [0, 0.05) is 4.88 Å². The highest BCUT2D eigenvalue weighted by molar-refractivity contribution is 7.17. The topological polar surface area (TPSA) is 64.6 Å². The molecule has 0 saturated carbocycles. The fourth-order valence-corrected chi connectivity index (χ4v) is 4.06. The summed E-state index contributed by atoms with van der Waals surface area (Å²) < 4.78 is 63.9. The second kappa shape index (κ2) is 7.88. The van der Waals surface area contributed by atoms with E-state index in [0.717, 1.165) is 23.5 Å². The Bertz CT molecular complexity index is 923. The number of amides is 1. The zero-order valence-electron chi connectivity index (χ0n) is 14.6. The van der Waals surface area contributed by atoms with E-state index >= 15 is 0 Å². The molecule has 1 N–H and O–H groups in total. The van der Waals surface area contributed by atoms with Gasteiger partial charge in [0.25, 0.3) is 5.91 Å². The summed E-state index contributed by atoms with van der Waals surface area (Å²) >= 11 is 0.997. The van der Waals surface area contributed by atoms with Crippen molar-refractivity contribution in [3.8, 4) is 0 Å². The maximum atomic E-state index is 14.1. The van der Waals surface area contributed by atoms with Gasteiger partial charge in [0.15, 0.2) is 0 Å². The van der Waals surface area contributed by atoms with Crippen LogP contribution >= 0.6 is 11.3 Å². The number of hydrogen-bond acceptors (Lipinski definition) is 5. The van der Waals surface area contributed by atoms with E-state index in [1.165, 1.54) is 0 Å². The molecule has 28 heavy (non-hydrogen) atoms. The van der Waals surface area contributed by atoms with Crippen molar-refractivity contribution in [2.24, 2.45) is 0 Å². The van der Waals surface area contributed by atoms with Crippen LogP contribution in [0.4, 0.5) is 22.6 Å². The molecule has 1 aliphatic heterocycles. The fraction of sp³-hybridized carbons (Fsp3) is 0.333. The van der Waals surface area contributed by atoms with Crippen molar-refractivity contribution >= 4 is 28.2 Å². The normalized spacial score (nSPS) is 13.8. The Morgan fingerprint density at radius 2 is 2.04 bits per heavy atom. The molecule has 0 atom stereocenters. The monoisotopic (exact) mass is 417 g/mol. The molecular formula is C18H15F4NO4S. The van der Waals surface area contributed by atoms with Crippen LogP contribution in [0.2, 0.25) is 0 Å². The van der Waals surface area contributed by atoms with E-state index in [9.17, 15) is 27.2 Å². The van der Waals surface area contributed by atoms with E-state index in [1.54, 1.807) is 6.92 Å². The van der Waals surface area contributed by atoms with Gasteiger partial charge < -0.3 is 14.8 Å². The number of carbonyl (C=O) groups is 2. The Labute approximate surface area is 161 Å². The summed E-state index contributed by atoms with van der Waals surface area (Å²) in [7, 11) is 0. The summed E-state index contributed by atoms with van der Waals surface area (Å²) in [6.07, 6.45) is -4.52. The Kier molecular flexibility index (Phi) is 5.71. The lowest BCUT2D eigenvalue weighted by atomic mass is 10.0. The van der Waals surface area contributed by atoms with Gasteiger partial charge in [-0.05, 0) is 31.0 Å². The van der Waals surface area contributed by atoms with Gasteiger partial charge in [0.1, 0.15) is 10.8 Å². The molecule has 0 fully saturated rings. The van der Waals surface area contributed by atoms with E-state index in [1.807, 2.05) is 0 Å². The lowest BCUT2D eigenvalue weighted by Crippen LogP contribution is -2.21. The predicted molar refractivity (Wildman–Crippen MR) is 93.0 cm³/mol. The summed E-state index contributed by atoms with van der Waals surface area (Å²) in [6.45, 7) is 2.25. The van der Waals surface area contributed by atoms with Crippen LogP contribution in [-0.4, -0.2) is 25.1 Å². The molecule has 1 aliphatic rings. The zero-order chi connectivity index (χ0) is 20.5. The number of ether oxygens (including phenoxy) is 2. The second-order valence-electron chi connectivity index (χ2n) is 5.85. The standard InChI is InChI=1S/C18H15F4NO4S/c1-2-27-17(25)13-9-6-7-26-8-12(9)28-16(13)23-15(24)14-10(18(20,21)22)4-3-5-11(14)19/h3-5H,2,6-8H2,1H3,(H,23,24). The number of esters is 1. The van der Waals surface area contributed by atoms with E-state index in [2.05, 4.69) is 5.32 Å². The first-order valence-corrected chi connectivity index (χ1v) is 9.12. The van der Waals surface area contributed by atoms with Gasteiger partial charge in [0.2, 0.25) is 0 Å². The third-order valence-corrected chi connectivity index (χ3v) is 5.19. The average Bonchev–Trinajstić information content (AvgIpc) is 2.98. The molecule has 10 heteroatoms. The molecule has 5 nitrogen and oxygen atoms in total. The maximum absolute atomic E-state index is 14.1. The number of thiophene rings is 1. The third-order valence-electron chi connectivity index (χ3n) is 4.07. The van der Waals surface area contributed by atoms with Gasteiger partial charge in [-0.15, -0.1) is 11.3 Å². The summed E-state index contributed by atoms with van der Waals surface area (Å²) in [5, 5.41) is 2.27. The fourth-order valence-electron chi connectivity index (χ4n) is 2.90. The Morgan fingerprint density at radius 3 is 2.71 bits per heavy atom. The van der Waals surface area contributed by atoms with E-state index in [-0.39, 0.29) is 23.8 Å². The first kappa shape index (κ1) is 20.3. The van der Waals surface area contributed by atoms with Gasteiger partial charge >= 0.3 is 12.1 Å². The molecular weight excluding hydrogens is 402 g/mol. The van der Waals surface area contributed by atoms with Crippen molar-refractivity contribution in [3.63, 3.8) is 0 Å². The van der Waals surface area contributed by atoms with Gasteiger partial charge in [-0.2, -0.15) is 13.2 Å². The van der Waals surface area contributed by atoms with Crippen LogP contribution < -0.4 is 5.32 Å². The number of rotatable bonds is 4. The highest BCUT2D eigenvalue weighted by Crippen LogP contribution is 2.38. The summed E-state index contributed by atoms with van der Waals surface area (Å²) in [5.74, 6) is -3.31. The quantitative estimate of drug-likeness (QED) is 0.591. The predicted octanol–water partition coefficient (Wildman–Crippen LogP) is 4.41. The largest absolute Gasteiger partial charge is 0.462 e. The Hall–Kier alpha value is -2.46. The van der Waals surface area contributed by atoms with Crippen molar-refractivity contribution in [1.82, 2.24) is 0 Å². The van der Waals surface area contributed by atoms with Crippen molar-refractivity contribution in [2.75, 3.05) is 18.5 Å². The van der Waals surface area contributed by atoms with Crippen LogP contribution in [-0.2, 0) is 28.7 Å². The van der Waals surface area contributed by atoms with E-state index in [0.29, 0.717) is 29.5 Å². The smallest absolute Gasteiger partial charge is 0.417 e. The number of benzene rings is 1. The summed E-state index contributed by atoms with van der Waals surface area (Å²) in [5.41, 5.74) is -1.84. The first-order valence-electron chi connectivity index (χ1n) is 8.30. The molecule has 1 aromatic carbocycles. The Morgan fingerprint density at radius 1 is 1.29 bits per heavy atom. The van der Waals surface area contributed by atoms with Crippen LogP contribution in [0.3, 0.4) is 0 Å². The van der Waals surface area contributed by atoms with E-state index < -0.39 is 35.0 Å². The summed E-state index contributed by atoms with van der Waals surface area (Å²) in [4.78, 5) is 25.5. The number of anilines is 1. The molecule has 2 heterocycles. The molecule has 2 aromatic rings. The average molecular weight is 417 g/mol. The minimum Gasteiger partial charge on any atom is -0.462 e. The van der Waals surface area contributed by atoms with Crippen LogP contribution in [0.15, 0.2) is 18.2 Å². The van der Waals surface area contributed by atoms with Crippen LogP contribution in [0.25, 0.3) is 0 Å². The second-order valence-corrected chi connectivity index (χ2v) is 6.95. The molecule has 150 valence electrons. The maximum Gasteiger partial charge on any atom is 0.417 e. The number of fused-ring (bicyclic) bond motifs is 1. The molecule has 0 aliphatic carbocycles. The molecule has 0 radical (unpaired) electrons. The molecule has 1 aromatic heterocycles. The molecule has 0 saturated heterocycles. The highest BCUT2D eigenvalue weighted by Gasteiger charge is 2.37. The van der Waals surface area contributed by atoms with Crippen molar-refractivity contribution in [3.05, 3.63) is 51.1 Å². The van der Waals surface area contributed by atoms with Crippen LogP contribution in [0, 0.1) is 5.82 Å². The molecule has 0 unspecified atom stereocenters. The van der Waals surface area contributed by atoms with Crippen LogP contribution in [0.1, 0.15) is 43.6 Å². The van der Waals surface area contributed by atoms with Gasteiger partial charge in [-0.25, -0.2) is 9.18 Å². The zero-order valence-corrected chi connectivity index (χ0v) is 15.4. The number of nitrogens with one attached hydrogen (secondary N) is 1. The van der Waals surface area contributed by atoms with Gasteiger partial charge in [-0.3, -0.25) is 4.79 Å². The molecule has 0 spiro atoms. The van der Waals surface area contributed by atoms with Gasteiger partial charge in [-0.1, -0.05) is 6.07 Å². The molecule has 3 rings (SSSR count). The van der Waals surface area contributed by atoms with Crippen molar-refractivity contribution in [1.29, 1.82) is 0 Å². The highest BCUT2D eigenvalue weighted by atomic mass is 32.1. The lowest BCUT2D eigenvalue weighted by Gasteiger charge is -2.14. The number of halogens is 4. The summed E-state index contributed by atoms with van der Waals surface area (Å²) in [6, 6.07) is 2.27. The molecule has 0 bridgehead atoms. The van der Waals surface area contributed by atoms with Crippen molar-refractivity contribution < 1.29 is 36.6 Å². The lowest BCUT2D eigenvalue weighted by molar-refractivity contribution is -0.138. The van der Waals surface area contributed by atoms with Crippen molar-refractivity contribution in [2.45, 2.75) is 26.1 Å². The van der Waals surface area contributed by atoms with Gasteiger partial charge in [0.05, 0.1) is 36.5 Å². The minimum atomic E-state index is -4.92. The first-order chi connectivity index (χ1) is 13.2. The Balaban J connectivity index is 2.02. The molecule has 1 amide bonds. The third kappa shape index (κ3) is 3.88. The number of hydrogen-bond donors (Lipinski definition) is 1. The SMILES string of the molecule is CCOC(=O)c1c(NC(=O)c2c(F)cccc2C(F)(F)F)sc2c1CCOC2. The number of alkyl halides is 3. The number of carbonyl (C=O) groups excluding carboxylic acids is 2. The van der Waals surface area contributed by atoms with Crippen LogP contribution in [0.5, 0.6) is 0 Å².